The van der Waals surface area contributed by atoms with E-state index in [0.717, 1.165) is 28.9 Å². The van der Waals surface area contributed by atoms with Gasteiger partial charge in [-0.25, -0.2) is 9.97 Å². The number of rotatable bonds is 0. The van der Waals surface area contributed by atoms with Crippen LogP contribution in [0.3, 0.4) is 0 Å². The molecule has 2 unspecified atom stereocenters. The van der Waals surface area contributed by atoms with Gasteiger partial charge in [0, 0.05) is 10.8 Å². The van der Waals surface area contributed by atoms with Crippen LogP contribution in [-0.4, -0.2) is 14.4 Å². The molecule has 6 rings (SSSR count). The second-order valence-electron chi connectivity index (χ2n) is 11.8. The Labute approximate surface area is 192 Å². The zero-order valence-corrected chi connectivity index (χ0v) is 21.2. The van der Waals surface area contributed by atoms with E-state index in [2.05, 4.69) is 83.2 Å². The molecule has 1 aliphatic heterocycles. The van der Waals surface area contributed by atoms with Crippen LogP contribution in [0.15, 0.2) is 30.3 Å². The minimum atomic E-state index is -0.0785. The van der Waals surface area contributed by atoms with Gasteiger partial charge in [0.2, 0.25) is 0 Å². The first-order valence-electron chi connectivity index (χ1n) is 12.3. The lowest BCUT2D eigenvalue weighted by Crippen LogP contribution is -2.24. The van der Waals surface area contributed by atoms with Crippen molar-refractivity contribution in [3.8, 4) is 0 Å². The number of benzene rings is 2. The predicted molar refractivity (Wildman–Crippen MR) is 136 cm³/mol. The molecule has 3 bridgehead atoms. The SMILES string of the molecule is CC.CC1CC2(C)CC(C)(C)c3cc4c(cc32)nc2c3c1cccc3nc(C(C)(C)C)n42. The predicted octanol–water partition coefficient (Wildman–Crippen LogP) is 7.81. The molecule has 168 valence electrons. The Kier molecular flexibility index (Phi) is 4.39. The smallest absolute Gasteiger partial charge is 0.149 e. The van der Waals surface area contributed by atoms with Crippen molar-refractivity contribution in [2.24, 2.45) is 0 Å². The fraction of sp³-hybridized carbons (Fsp3) is 0.517. The van der Waals surface area contributed by atoms with Crippen LogP contribution in [0.5, 0.6) is 0 Å². The lowest BCUT2D eigenvalue weighted by Gasteiger charge is -2.31. The van der Waals surface area contributed by atoms with E-state index in [4.69, 9.17) is 9.97 Å². The molecule has 0 spiro atoms. The van der Waals surface area contributed by atoms with Crippen LogP contribution in [0, 0.1) is 0 Å². The van der Waals surface area contributed by atoms with E-state index in [1.54, 1.807) is 0 Å². The summed E-state index contributed by atoms with van der Waals surface area (Å²) >= 11 is 0. The number of hydrogen-bond acceptors (Lipinski definition) is 2. The average molecular weight is 428 g/mol. The summed E-state index contributed by atoms with van der Waals surface area (Å²) in [5.41, 5.74) is 9.14. The van der Waals surface area contributed by atoms with E-state index in [1.807, 2.05) is 13.8 Å². The normalized spacial score (nSPS) is 23.6. The standard InChI is InChI=1S/C27H31N3.C2H6/c1-15-13-27(7)14-26(5,6)17-12-21-20(11-18(17)27)28-23-22-16(15)9-8-10-19(22)29-24(30(21)23)25(2,3)4;1-2/h8-12,15H,13-14H2,1-7H3;1-2H3. The van der Waals surface area contributed by atoms with Gasteiger partial charge >= 0.3 is 0 Å². The van der Waals surface area contributed by atoms with Crippen LogP contribution in [0.25, 0.3) is 27.6 Å². The van der Waals surface area contributed by atoms with Crippen molar-refractivity contribution >= 4 is 27.6 Å². The Morgan fingerprint density at radius 2 is 1.69 bits per heavy atom. The van der Waals surface area contributed by atoms with Crippen molar-refractivity contribution in [2.75, 3.05) is 0 Å². The topological polar surface area (TPSA) is 30.2 Å². The summed E-state index contributed by atoms with van der Waals surface area (Å²) in [4.78, 5) is 10.5. The number of fused-ring (bicyclic) bond motifs is 1. The van der Waals surface area contributed by atoms with E-state index in [9.17, 15) is 0 Å². The zero-order chi connectivity index (χ0) is 23.2. The van der Waals surface area contributed by atoms with Gasteiger partial charge in [0.1, 0.15) is 11.5 Å². The monoisotopic (exact) mass is 427 g/mol. The maximum Gasteiger partial charge on any atom is 0.149 e. The van der Waals surface area contributed by atoms with Gasteiger partial charge in [0.25, 0.3) is 0 Å². The van der Waals surface area contributed by atoms with Crippen LogP contribution in [0.1, 0.15) is 104 Å². The highest BCUT2D eigenvalue weighted by Crippen LogP contribution is 2.55. The van der Waals surface area contributed by atoms with Gasteiger partial charge in [-0.05, 0) is 64.5 Å². The Balaban J connectivity index is 0.00000105. The molecule has 0 radical (unpaired) electrons. The lowest BCUT2D eigenvalue weighted by molar-refractivity contribution is 0.338. The zero-order valence-electron chi connectivity index (χ0n) is 21.2. The maximum atomic E-state index is 5.26. The molecule has 3 nitrogen and oxygen atoms in total. The first-order chi connectivity index (χ1) is 15.0. The molecule has 0 fully saturated rings. The quantitative estimate of drug-likeness (QED) is 0.286. The van der Waals surface area contributed by atoms with Gasteiger partial charge in [0.05, 0.1) is 16.6 Å². The second-order valence-corrected chi connectivity index (χ2v) is 11.8. The first-order valence-corrected chi connectivity index (χ1v) is 12.3. The molecule has 0 saturated carbocycles. The van der Waals surface area contributed by atoms with Crippen molar-refractivity contribution in [1.82, 2.24) is 14.4 Å². The third kappa shape index (κ3) is 2.72. The van der Waals surface area contributed by atoms with Crippen LogP contribution >= 0.6 is 0 Å². The van der Waals surface area contributed by atoms with E-state index in [0.29, 0.717) is 5.92 Å². The third-order valence-electron chi connectivity index (χ3n) is 7.70. The highest BCUT2D eigenvalue weighted by Gasteiger charge is 2.46. The summed E-state index contributed by atoms with van der Waals surface area (Å²) < 4.78 is 2.37. The highest BCUT2D eigenvalue weighted by molar-refractivity contribution is 5.99. The summed E-state index contributed by atoms with van der Waals surface area (Å²) in [6.45, 7) is 20.5. The van der Waals surface area contributed by atoms with Crippen molar-refractivity contribution in [2.45, 2.75) is 97.3 Å². The second kappa shape index (κ2) is 6.56. The molecular weight excluding hydrogens is 390 g/mol. The van der Waals surface area contributed by atoms with Gasteiger partial charge in [-0.15, -0.1) is 0 Å². The summed E-state index contributed by atoms with van der Waals surface area (Å²) in [6.07, 6.45) is 2.34. The van der Waals surface area contributed by atoms with Gasteiger partial charge in [-0.1, -0.05) is 74.4 Å². The Morgan fingerprint density at radius 3 is 2.38 bits per heavy atom. The molecule has 2 aromatic heterocycles. The van der Waals surface area contributed by atoms with Crippen LogP contribution < -0.4 is 0 Å². The van der Waals surface area contributed by atoms with Crippen LogP contribution in [0.2, 0.25) is 0 Å². The molecule has 0 N–H and O–H groups in total. The van der Waals surface area contributed by atoms with Crippen molar-refractivity contribution in [1.29, 1.82) is 0 Å². The Hall–Kier alpha value is -2.42. The summed E-state index contributed by atoms with van der Waals surface area (Å²) in [5, 5.41) is 1.24. The average Bonchev–Trinajstić information content (AvgIpc) is 3.18. The minimum absolute atomic E-state index is 0.0785. The Morgan fingerprint density at radius 1 is 0.969 bits per heavy atom. The summed E-state index contributed by atoms with van der Waals surface area (Å²) in [7, 11) is 0. The fourth-order valence-corrected chi connectivity index (χ4v) is 6.67. The van der Waals surface area contributed by atoms with Crippen molar-refractivity contribution in [3.05, 3.63) is 52.8 Å². The first kappa shape index (κ1) is 21.4. The molecule has 2 atom stereocenters. The molecule has 4 aromatic rings. The van der Waals surface area contributed by atoms with Gasteiger partial charge in [-0.2, -0.15) is 0 Å². The summed E-state index contributed by atoms with van der Waals surface area (Å²) in [5.74, 6) is 1.54. The number of imidazole rings is 1. The number of nitrogens with zero attached hydrogens (tertiary/aromatic N) is 3. The Bertz CT molecular complexity index is 1380. The largest absolute Gasteiger partial charge is 0.279 e. The molecule has 1 aliphatic carbocycles. The molecule has 0 amide bonds. The molecule has 0 saturated heterocycles. The van der Waals surface area contributed by atoms with E-state index < -0.39 is 0 Å². The summed E-state index contributed by atoms with van der Waals surface area (Å²) in [6, 6.07) is 11.5. The van der Waals surface area contributed by atoms with E-state index in [-0.39, 0.29) is 16.2 Å². The molecular formula is C29H37N3. The number of hydrogen-bond donors (Lipinski definition) is 0. The van der Waals surface area contributed by atoms with Crippen LogP contribution in [-0.2, 0) is 16.2 Å². The van der Waals surface area contributed by atoms with Gasteiger partial charge < -0.3 is 0 Å². The van der Waals surface area contributed by atoms with Gasteiger partial charge in [-0.3, -0.25) is 4.40 Å². The van der Waals surface area contributed by atoms with Crippen molar-refractivity contribution < 1.29 is 0 Å². The third-order valence-corrected chi connectivity index (χ3v) is 7.70. The molecule has 32 heavy (non-hydrogen) atoms. The molecule has 2 aliphatic rings. The van der Waals surface area contributed by atoms with Crippen LogP contribution in [0.4, 0.5) is 0 Å². The maximum absolute atomic E-state index is 5.26. The lowest BCUT2D eigenvalue weighted by atomic mass is 9.73. The molecule has 3 heterocycles. The highest BCUT2D eigenvalue weighted by atomic mass is 15.1. The fourth-order valence-electron chi connectivity index (χ4n) is 6.67. The van der Waals surface area contributed by atoms with Gasteiger partial charge in [0.15, 0.2) is 0 Å². The van der Waals surface area contributed by atoms with Crippen molar-refractivity contribution in [3.63, 3.8) is 0 Å². The van der Waals surface area contributed by atoms with E-state index in [1.165, 1.54) is 34.0 Å². The number of aromatic nitrogens is 3. The van der Waals surface area contributed by atoms with E-state index >= 15 is 0 Å². The molecule has 2 aromatic carbocycles. The molecule has 3 heteroatoms. The minimum Gasteiger partial charge on any atom is -0.279 e.